The summed E-state index contributed by atoms with van der Waals surface area (Å²) >= 11 is 0. The van der Waals surface area contributed by atoms with Gasteiger partial charge in [0, 0.05) is 29.9 Å². The summed E-state index contributed by atoms with van der Waals surface area (Å²) in [5.74, 6) is -0.680. The minimum absolute atomic E-state index is 0.137. The van der Waals surface area contributed by atoms with Crippen molar-refractivity contribution in [2.75, 3.05) is 5.73 Å². The predicted octanol–water partition coefficient (Wildman–Crippen LogP) is 5.20. The van der Waals surface area contributed by atoms with E-state index < -0.39 is 11.6 Å². The molecule has 3 aromatic heterocycles. The van der Waals surface area contributed by atoms with Crippen molar-refractivity contribution >= 4 is 27.8 Å². The topological polar surface area (TPSA) is 81.9 Å². The van der Waals surface area contributed by atoms with Crippen LogP contribution in [-0.2, 0) is 0 Å². The highest BCUT2D eigenvalue weighted by atomic mass is 19.1. The van der Waals surface area contributed by atoms with E-state index >= 15 is 0 Å². The minimum Gasteiger partial charge on any atom is -0.505 e. The van der Waals surface area contributed by atoms with Crippen LogP contribution >= 0.6 is 0 Å². The van der Waals surface area contributed by atoms with Crippen LogP contribution in [0.4, 0.5) is 10.2 Å². The lowest BCUT2D eigenvalue weighted by atomic mass is 10.0. The third-order valence-electron chi connectivity index (χ3n) is 5.77. The van der Waals surface area contributed by atoms with E-state index in [0.717, 1.165) is 41.6 Å². The molecule has 0 saturated carbocycles. The van der Waals surface area contributed by atoms with E-state index in [9.17, 15) is 9.50 Å². The number of aromatic hydroxyl groups is 1. The number of anilines is 1. The summed E-state index contributed by atoms with van der Waals surface area (Å²) in [6, 6.07) is 4.68. The zero-order chi connectivity index (χ0) is 21.5. The maximum Gasteiger partial charge on any atom is 0.165 e. The molecule has 3 N–H and O–H groups in total. The molecular weight excluding hydrogens is 393 g/mol. The Bertz CT molecular complexity index is 1380. The smallest absolute Gasteiger partial charge is 0.165 e. The van der Waals surface area contributed by atoms with Crippen molar-refractivity contribution in [3.63, 3.8) is 0 Å². The van der Waals surface area contributed by atoms with E-state index in [1.807, 2.05) is 35.2 Å². The molecule has 5 rings (SSSR count). The van der Waals surface area contributed by atoms with E-state index in [1.165, 1.54) is 18.5 Å². The third-order valence-corrected chi connectivity index (χ3v) is 5.77. The number of nitrogens with two attached hydrogens (primary N) is 1. The number of allylic oxidation sites excluding steroid dienone is 5. The molecule has 1 unspecified atom stereocenters. The summed E-state index contributed by atoms with van der Waals surface area (Å²) in [6.07, 6.45) is 16.2. The van der Waals surface area contributed by atoms with Gasteiger partial charge in [0.05, 0.1) is 16.6 Å². The van der Waals surface area contributed by atoms with Gasteiger partial charge in [0.2, 0.25) is 0 Å². The van der Waals surface area contributed by atoms with Gasteiger partial charge in [-0.15, -0.1) is 0 Å². The number of phenolic OH excluding ortho intramolecular Hbond substituents is 1. The van der Waals surface area contributed by atoms with Gasteiger partial charge in [0.15, 0.2) is 11.6 Å². The number of halogens is 1. The van der Waals surface area contributed by atoms with Crippen LogP contribution < -0.4 is 5.73 Å². The molecule has 7 heteroatoms. The first-order chi connectivity index (χ1) is 15.0. The van der Waals surface area contributed by atoms with Crippen molar-refractivity contribution in [2.24, 2.45) is 0 Å². The Morgan fingerprint density at radius 2 is 2.10 bits per heavy atom. The molecule has 31 heavy (non-hydrogen) atoms. The van der Waals surface area contributed by atoms with Gasteiger partial charge in [-0.1, -0.05) is 36.5 Å². The second kappa shape index (κ2) is 7.43. The molecule has 6 nitrogen and oxygen atoms in total. The summed E-state index contributed by atoms with van der Waals surface area (Å²) in [4.78, 5) is 8.75. The van der Waals surface area contributed by atoms with E-state index in [1.54, 1.807) is 6.07 Å². The van der Waals surface area contributed by atoms with Gasteiger partial charge in [0.1, 0.15) is 17.8 Å². The van der Waals surface area contributed by atoms with Gasteiger partial charge in [-0.05, 0) is 31.4 Å². The Balaban J connectivity index is 1.72. The van der Waals surface area contributed by atoms with E-state index in [4.69, 9.17) is 5.73 Å². The van der Waals surface area contributed by atoms with Crippen LogP contribution in [0.25, 0.3) is 27.6 Å². The highest BCUT2D eigenvalue weighted by molar-refractivity contribution is 5.97. The quantitative estimate of drug-likeness (QED) is 0.472. The van der Waals surface area contributed by atoms with Crippen LogP contribution in [0.5, 0.6) is 5.75 Å². The summed E-state index contributed by atoms with van der Waals surface area (Å²) in [5.41, 5.74) is 9.51. The number of nitrogens with zero attached hydrogens (tertiary/aromatic N) is 4. The van der Waals surface area contributed by atoms with Crippen LogP contribution in [0.15, 0.2) is 73.4 Å². The highest BCUT2D eigenvalue weighted by Gasteiger charge is 2.22. The number of hydrogen-bond donors (Lipinski definition) is 2. The number of nitrogen functional groups attached to an aromatic ring is 1. The average Bonchev–Trinajstić information content (AvgIpc) is 3.33. The number of benzene rings is 1. The van der Waals surface area contributed by atoms with Gasteiger partial charge in [-0.25, -0.2) is 14.4 Å². The molecule has 156 valence electrons. The first-order valence-electron chi connectivity index (χ1n) is 10.1. The number of hydrogen-bond acceptors (Lipinski definition) is 4. The fourth-order valence-corrected chi connectivity index (χ4v) is 4.27. The molecule has 0 radical (unpaired) electrons. The SMILES string of the molecule is C=C1/C=C\C=C/CCC(n2cc(-n3ccc4cc(F)c(O)cc43)c3c(N)ncnc32)C1. The van der Waals surface area contributed by atoms with Crippen molar-refractivity contribution in [3.8, 4) is 11.4 Å². The zero-order valence-corrected chi connectivity index (χ0v) is 16.9. The monoisotopic (exact) mass is 415 g/mol. The van der Waals surface area contributed by atoms with Gasteiger partial charge < -0.3 is 20.0 Å². The summed E-state index contributed by atoms with van der Waals surface area (Å²) < 4.78 is 17.9. The molecule has 0 saturated heterocycles. The highest BCUT2D eigenvalue weighted by Crippen LogP contribution is 2.36. The Morgan fingerprint density at radius 3 is 2.97 bits per heavy atom. The molecule has 0 fully saturated rings. The standard InChI is InChI=1S/C24H22FN5O/c1-15-6-4-2-3-5-7-17(10-15)30-13-20(22-23(26)27-14-28-24(22)30)29-9-8-16-11-18(25)21(31)12-19(16)29/h2-4,6,8-9,11-14,17,31H,1,5,7,10H2,(H2,26,27,28)/b3-2-,6-4-. The number of fused-ring (bicyclic) bond motifs is 2. The van der Waals surface area contributed by atoms with E-state index in [0.29, 0.717) is 16.7 Å². The summed E-state index contributed by atoms with van der Waals surface area (Å²) in [6.45, 7) is 4.19. The largest absolute Gasteiger partial charge is 0.505 e. The molecule has 1 atom stereocenters. The second-order valence-electron chi connectivity index (χ2n) is 7.81. The van der Waals surface area contributed by atoms with Crippen LogP contribution in [-0.4, -0.2) is 24.2 Å². The van der Waals surface area contributed by atoms with Crippen molar-refractivity contribution in [1.29, 1.82) is 0 Å². The maximum atomic E-state index is 13.8. The summed E-state index contributed by atoms with van der Waals surface area (Å²) in [5, 5.41) is 11.3. The number of aromatic nitrogens is 4. The first kappa shape index (κ1) is 19.1. The zero-order valence-electron chi connectivity index (χ0n) is 16.9. The van der Waals surface area contributed by atoms with Gasteiger partial charge in [0.25, 0.3) is 0 Å². The van der Waals surface area contributed by atoms with Crippen LogP contribution in [0.2, 0.25) is 0 Å². The Hall–Kier alpha value is -3.87. The number of rotatable bonds is 2. The van der Waals surface area contributed by atoms with Crippen LogP contribution in [0.1, 0.15) is 25.3 Å². The van der Waals surface area contributed by atoms with Gasteiger partial charge in [-0.3, -0.25) is 0 Å². The maximum absolute atomic E-state index is 13.8. The van der Waals surface area contributed by atoms with E-state index in [2.05, 4.69) is 27.2 Å². The molecule has 0 bridgehead atoms. The molecule has 4 aromatic rings. The minimum atomic E-state index is -0.652. The fraction of sp³-hybridized carbons (Fsp3) is 0.167. The Kier molecular flexibility index (Phi) is 4.58. The molecule has 1 aliphatic rings. The molecule has 0 spiro atoms. The van der Waals surface area contributed by atoms with Gasteiger partial charge >= 0.3 is 0 Å². The Morgan fingerprint density at radius 1 is 1.23 bits per heavy atom. The summed E-state index contributed by atoms with van der Waals surface area (Å²) in [7, 11) is 0. The molecule has 1 aromatic carbocycles. The van der Waals surface area contributed by atoms with Crippen molar-refractivity contribution in [3.05, 3.63) is 79.2 Å². The normalized spacial score (nSPS) is 19.3. The van der Waals surface area contributed by atoms with Crippen LogP contribution in [0.3, 0.4) is 0 Å². The average molecular weight is 415 g/mol. The molecule has 0 amide bonds. The predicted molar refractivity (Wildman–Crippen MR) is 121 cm³/mol. The lowest BCUT2D eigenvalue weighted by Gasteiger charge is -2.19. The van der Waals surface area contributed by atoms with Crippen molar-refractivity contribution < 1.29 is 9.50 Å². The molecular formula is C24H22FN5O. The van der Waals surface area contributed by atoms with Crippen molar-refractivity contribution in [2.45, 2.75) is 25.3 Å². The molecule has 3 heterocycles. The Labute approximate surface area is 178 Å². The molecule has 1 aliphatic carbocycles. The third kappa shape index (κ3) is 3.28. The lowest BCUT2D eigenvalue weighted by Crippen LogP contribution is -2.09. The number of phenols is 1. The fourth-order valence-electron chi connectivity index (χ4n) is 4.27. The van der Waals surface area contributed by atoms with Crippen molar-refractivity contribution in [1.82, 2.24) is 19.1 Å². The first-order valence-corrected chi connectivity index (χ1v) is 10.1. The lowest BCUT2D eigenvalue weighted by molar-refractivity contribution is 0.433. The van der Waals surface area contributed by atoms with E-state index in [-0.39, 0.29) is 6.04 Å². The molecule has 0 aliphatic heterocycles. The second-order valence-corrected chi connectivity index (χ2v) is 7.81. The van der Waals surface area contributed by atoms with Crippen LogP contribution in [0, 0.1) is 5.82 Å². The van der Waals surface area contributed by atoms with Gasteiger partial charge in [-0.2, -0.15) is 0 Å².